The molecule has 1 atom stereocenters. The number of nitrogens with zero attached hydrogens (tertiary/aromatic N) is 1. The number of primary amides is 1. The van der Waals surface area contributed by atoms with Crippen molar-refractivity contribution in [2.75, 3.05) is 19.6 Å². The van der Waals surface area contributed by atoms with E-state index in [0.29, 0.717) is 25.9 Å². The van der Waals surface area contributed by atoms with Crippen molar-refractivity contribution < 1.29 is 9.59 Å². The summed E-state index contributed by atoms with van der Waals surface area (Å²) in [6.07, 6.45) is 5.38. The summed E-state index contributed by atoms with van der Waals surface area (Å²) in [6.45, 7) is 1.91. The van der Waals surface area contributed by atoms with Crippen LogP contribution in [-0.4, -0.2) is 36.3 Å². The Hall–Kier alpha value is -1.10. The van der Waals surface area contributed by atoms with Gasteiger partial charge in [-0.05, 0) is 25.8 Å². The van der Waals surface area contributed by atoms with Crippen LogP contribution in [0.4, 0.5) is 0 Å². The third-order valence-electron chi connectivity index (χ3n) is 3.29. The van der Waals surface area contributed by atoms with Crippen molar-refractivity contribution in [1.29, 1.82) is 0 Å². The zero-order valence-corrected chi connectivity index (χ0v) is 10.4. The van der Waals surface area contributed by atoms with Crippen LogP contribution in [0.15, 0.2) is 0 Å². The maximum atomic E-state index is 11.8. The summed E-state index contributed by atoms with van der Waals surface area (Å²) in [4.78, 5) is 24.5. The second-order valence-electron chi connectivity index (χ2n) is 4.68. The van der Waals surface area contributed by atoms with Crippen LogP contribution in [0.3, 0.4) is 0 Å². The third kappa shape index (κ3) is 4.73. The topological polar surface area (TPSA) is 89.4 Å². The first-order chi connectivity index (χ1) is 8.15. The minimum Gasteiger partial charge on any atom is -0.369 e. The molecule has 1 fully saturated rings. The number of likely N-dealkylation sites (tertiary alicyclic amines) is 1. The van der Waals surface area contributed by atoms with Gasteiger partial charge in [0.25, 0.3) is 0 Å². The van der Waals surface area contributed by atoms with E-state index in [-0.39, 0.29) is 17.7 Å². The fourth-order valence-electron chi connectivity index (χ4n) is 2.15. The van der Waals surface area contributed by atoms with Crippen molar-refractivity contribution >= 4 is 11.8 Å². The first-order valence-electron chi connectivity index (χ1n) is 6.42. The average Bonchev–Trinajstić information content (AvgIpc) is 2.78. The molecule has 1 aliphatic rings. The number of carbonyl (C=O) groups is 2. The number of amides is 2. The summed E-state index contributed by atoms with van der Waals surface area (Å²) in [7, 11) is 0. The van der Waals surface area contributed by atoms with E-state index in [1.807, 2.05) is 0 Å². The second kappa shape index (κ2) is 7.27. The first kappa shape index (κ1) is 14.0. The molecule has 5 nitrogen and oxygen atoms in total. The van der Waals surface area contributed by atoms with Gasteiger partial charge in [-0.3, -0.25) is 9.59 Å². The molecule has 2 amide bonds. The van der Waals surface area contributed by atoms with Gasteiger partial charge in [0.2, 0.25) is 11.8 Å². The maximum Gasteiger partial charge on any atom is 0.222 e. The summed E-state index contributed by atoms with van der Waals surface area (Å²) in [5, 5.41) is 0. The molecule has 0 aliphatic carbocycles. The quantitative estimate of drug-likeness (QED) is 0.625. The van der Waals surface area contributed by atoms with Gasteiger partial charge in [0.15, 0.2) is 0 Å². The Kier molecular flexibility index (Phi) is 5.97. The second-order valence-corrected chi connectivity index (χ2v) is 4.68. The van der Waals surface area contributed by atoms with Crippen LogP contribution in [0, 0.1) is 5.92 Å². The largest absolute Gasteiger partial charge is 0.369 e. The molecule has 4 N–H and O–H groups in total. The molecule has 1 rings (SSSR count). The Balaban J connectivity index is 2.14. The number of carbonyl (C=O) groups excluding carboxylic acids is 2. The molecule has 1 aliphatic heterocycles. The summed E-state index contributed by atoms with van der Waals surface area (Å²) in [6, 6.07) is 0. The summed E-state index contributed by atoms with van der Waals surface area (Å²) >= 11 is 0. The zero-order chi connectivity index (χ0) is 12.7. The average molecular weight is 241 g/mol. The Morgan fingerprint density at radius 2 is 1.88 bits per heavy atom. The van der Waals surface area contributed by atoms with Crippen molar-refractivity contribution in [2.45, 2.75) is 38.5 Å². The van der Waals surface area contributed by atoms with Crippen molar-refractivity contribution in [1.82, 2.24) is 4.90 Å². The molecule has 1 saturated heterocycles. The van der Waals surface area contributed by atoms with Crippen molar-refractivity contribution in [3.63, 3.8) is 0 Å². The van der Waals surface area contributed by atoms with Gasteiger partial charge < -0.3 is 16.4 Å². The smallest absolute Gasteiger partial charge is 0.222 e. The van der Waals surface area contributed by atoms with Crippen LogP contribution in [0.2, 0.25) is 0 Å². The van der Waals surface area contributed by atoms with E-state index in [0.717, 1.165) is 32.2 Å². The van der Waals surface area contributed by atoms with Gasteiger partial charge in [0.05, 0.1) is 5.92 Å². The van der Waals surface area contributed by atoms with Gasteiger partial charge in [-0.25, -0.2) is 0 Å². The van der Waals surface area contributed by atoms with Crippen LogP contribution in [-0.2, 0) is 9.59 Å². The highest BCUT2D eigenvalue weighted by Crippen LogP contribution is 2.17. The van der Waals surface area contributed by atoms with Gasteiger partial charge in [0.1, 0.15) is 0 Å². The van der Waals surface area contributed by atoms with E-state index >= 15 is 0 Å². The van der Waals surface area contributed by atoms with Crippen molar-refractivity contribution in [3.05, 3.63) is 0 Å². The molecular formula is C12H23N3O2. The molecule has 1 unspecified atom stereocenters. The van der Waals surface area contributed by atoms with E-state index < -0.39 is 0 Å². The molecule has 0 radical (unpaired) electrons. The van der Waals surface area contributed by atoms with Crippen LogP contribution >= 0.6 is 0 Å². The van der Waals surface area contributed by atoms with E-state index in [2.05, 4.69) is 0 Å². The molecule has 17 heavy (non-hydrogen) atoms. The molecule has 0 saturated carbocycles. The van der Waals surface area contributed by atoms with E-state index in [9.17, 15) is 9.59 Å². The minimum absolute atomic E-state index is 0.142. The van der Waals surface area contributed by atoms with Crippen molar-refractivity contribution in [2.24, 2.45) is 17.4 Å². The van der Waals surface area contributed by atoms with Gasteiger partial charge >= 0.3 is 0 Å². The van der Waals surface area contributed by atoms with Gasteiger partial charge in [-0.2, -0.15) is 0 Å². The molecule has 5 heteroatoms. The fourth-order valence-corrected chi connectivity index (χ4v) is 2.15. The lowest BCUT2D eigenvalue weighted by atomic mass is 10.1. The molecule has 98 valence electrons. The normalized spacial score (nSPS) is 19.6. The highest BCUT2D eigenvalue weighted by Gasteiger charge is 2.28. The predicted octanol–water partition coefficient (Wildman–Crippen LogP) is 0.229. The Bertz CT molecular complexity index is 268. The minimum atomic E-state index is -0.289. The van der Waals surface area contributed by atoms with Gasteiger partial charge in [-0.15, -0.1) is 0 Å². The highest BCUT2D eigenvalue weighted by molar-refractivity contribution is 5.80. The third-order valence-corrected chi connectivity index (χ3v) is 3.29. The fraction of sp³-hybridized carbons (Fsp3) is 0.833. The molecule has 1 heterocycles. The van der Waals surface area contributed by atoms with E-state index in [1.165, 1.54) is 0 Å². The molecule has 0 spiro atoms. The van der Waals surface area contributed by atoms with E-state index in [4.69, 9.17) is 11.5 Å². The van der Waals surface area contributed by atoms with Crippen LogP contribution in [0.25, 0.3) is 0 Å². The Morgan fingerprint density at radius 1 is 1.18 bits per heavy atom. The van der Waals surface area contributed by atoms with Crippen LogP contribution in [0.1, 0.15) is 38.5 Å². The standard InChI is InChI=1S/C12H23N3O2/c13-7-4-2-1-3-5-11(16)15-8-6-10(9-15)12(14)17/h10H,1-9,13H2,(H2,14,17). The Labute approximate surface area is 103 Å². The molecular weight excluding hydrogens is 218 g/mol. The molecule has 0 bridgehead atoms. The molecule has 0 aromatic rings. The highest BCUT2D eigenvalue weighted by atomic mass is 16.2. The lowest BCUT2D eigenvalue weighted by Gasteiger charge is -2.15. The summed E-state index contributed by atoms with van der Waals surface area (Å²) in [5.41, 5.74) is 10.6. The number of nitrogens with two attached hydrogens (primary N) is 2. The number of unbranched alkanes of at least 4 members (excludes halogenated alkanes) is 3. The lowest BCUT2D eigenvalue weighted by Crippen LogP contribution is -2.31. The first-order valence-corrected chi connectivity index (χ1v) is 6.42. The number of rotatable bonds is 7. The van der Waals surface area contributed by atoms with E-state index in [1.54, 1.807) is 4.90 Å². The number of hydrogen-bond acceptors (Lipinski definition) is 3. The Morgan fingerprint density at radius 3 is 2.47 bits per heavy atom. The summed E-state index contributed by atoms with van der Waals surface area (Å²) < 4.78 is 0. The zero-order valence-electron chi connectivity index (χ0n) is 10.4. The van der Waals surface area contributed by atoms with Crippen molar-refractivity contribution in [3.8, 4) is 0 Å². The van der Waals surface area contributed by atoms with Crippen LogP contribution < -0.4 is 11.5 Å². The predicted molar refractivity (Wildman–Crippen MR) is 66.0 cm³/mol. The van der Waals surface area contributed by atoms with Gasteiger partial charge in [0, 0.05) is 19.5 Å². The van der Waals surface area contributed by atoms with Gasteiger partial charge in [-0.1, -0.05) is 12.8 Å². The summed E-state index contributed by atoms with van der Waals surface area (Å²) in [5.74, 6) is -0.277. The SMILES string of the molecule is NCCCCCCC(=O)N1CCC(C(N)=O)C1. The molecule has 0 aromatic heterocycles. The number of hydrogen-bond donors (Lipinski definition) is 2. The van der Waals surface area contributed by atoms with Crippen LogP contribution in [0.5, 0.6) is 0 Å². The molecule has 0 aromatic carbocycles. The maximum absolute atomic E-state index is 11.8. The lowest BCUT2D eigenvalue weighted by molar-refractivity contribution is -0.130. The monoisotopic (exact) mass is 241 g/mol.